The Kier molecular flexibility index (Phi) is 6.28. The topological polar surface area (TPSA) is 76.7 Å². The Morgan fingerprint density at radius 1 is 0.698 bits per heavy atom. The number of benzene rings is 3. The highest BCUT2D eigenvalue weighted by atomic mass is 16.3. The molecule has 4 aromatic heterocycles. The van der Waals surface area contributed by atoms with Crippen molar-refractivity contribution in [2.24, 2.45) is 0 Å². The highest BCUT2D eigenvalue weighted by molar-refractivity contribution is 5.98. The minimum atomic E-state index is 0.0350. The molecule has 1 N–H and O–H groups in total. The number of aromatic hydroxyl groups is 1. The van der Waals surface area contributed by atoms with Gasteiger partial charge in [-0.1, -0.05) is 51.1 Å². The fraction of sp³-hybridized carbons (Fsp3) is 0.135. The number of imidazole rings is 1. The number of aromatic nitrogens is 5. The molecule has 0 fully saturated rings. The van der Waals surface area contributed by atoms with Gasteiger partial charge in [0, 0.05) is 63.7 Å². The summed E-state index contributed by atoms with van der Waals surface area (Å²) in [5, 5.41) is 11.8. The van der Waals surface area contributed by atoms with Crippen molar-refractivity contribution < 1.29 is 5.11 Å². The number of pyridine rings is 3. The molecule has 6 heteroatoms. The zero-order chi connectivity index (χ0) is 29.7. The Hall–Kier alpha value is -5.36. The molecule has 4 heterocycles. The van der Waals surface area contributed by atoms with Gasteiger partial charge < -0.3 is 5.11 Å². The molecule has 7 rings (SSSR count). The van der Waals surface area contributed by atoms with Crippen molar-refractivity contribution in [3.8, 4) is 45.1 Å². The second-order valence-corrected chi connectivity index (χ2v) is 12.0. The van der Waals surface area contributed by atoms with Gasteiger partial charge in [0.25, 0.3) is 0 Å². The molecular weight excluding hydrogens is 530 g/mol. The Morgan fingerprint density at radius 2 is 1.51 bits per heavy atom. The van der Waals surface area contributed by atoms with Crippen molar-refractivity contribution in [2.75, 3.05) is 0 Å². The summed E-state index contributed by atoms with van der Waals surface area (Å²) < 4.78 is 2.18. The first kappa shape index (κ1) is 26.5. The molecule has 0 amide bonds. The van der Waals surface area contributed by atoms with E-state index in [1.807, 2.05) is 42.9 Å². The molecule has 0 spiro atoms. The molecule has 43 heavy (non-hydrogen) atoms. The Bertz CT molecular complexity index is 2140. The van der Waals surface area contributed by atoms with Gasteiger partial charge in [0.1, 0.15) is 11.6 Å². The van der Waals surface area contributed by atoms with Crippen LogP contribution in [0.15, 0.2) is 110 Å². The molecule has 0 radical (unpaired) electrons. The largest absolute Gasteiger partial charge is 0.506 e. The van der Waals surface area contributed by atoms with Gasteiger partial charge in [-0.05, 0) is 72.0 Å². The first-order chi connectivity index (χ1) is 20.8. The van der Waals surface area contributed by atoms with Crippen LogP contribution in [0.25, 0.3) is 61.3 Å². The molecule has 0 aliphatic rings. The third-order valence-corrected chi connectivity index (χ3v) is 7.92. The van der Waals surface area contributed by atoms with E-state index in [9.17, 15) is 5.11 Å². The van der Waals surface area contributed by atoms with Crippen molar-refractivity contribution >= 4 is 21.9 Å². The Labute approximate surface area is 250 Å². The molecule has 0 saturated carbocycles. The van der Waals surface area contributed by atoms with E-state index in [2.05, 4.69) is 91.8 Å². The van der Waals surface area contributed by atoms with Crippen LogP contribution in [0.2, 0.25) is 0 Å². The number of fused-ring (bicyclic) bond motifs is 2. The minimum absolute atomic E-state index is 0.0350. The summed E-state index contributed by atoms with van der Waals surface area (Å²) in [7, 11) is 0. The predicted molar refractivity (Wildman–Crippen MR) is 173 cm³/mol. The molecule has 3 aromatic carbocycles. The standard InChI is InChI=1S/C37H31N5O/c1-23-17-24-7-6-15-40-34(24)31(18-23)25-19-26(21-39-20-25)36-41-35-30(29-14-16-38-22-33(29)43)8-5-9-32(35)42(36)28-12-10-27(11-13-28)37(2,3)4/h5-22,43H,1-4H3. The lowest BCUT2D eigenvalue weighted by molar-refractivity contribution is 0.475. The van der Waals surface area contributed by atoms with Gasteiger partial charge in [-0.15, -0.1) is 0 Å². The molecule has 0 atom stereocenters. The zero-order valence-electron chi connectivity index (χ0n) is 24.6. The summed E-state index contributed by atoms with van der Waals surface area (Å²) in [5.41, 5.74) is 10.5. The van der Waals surface area contributed by atoms with E-state index in [-0.39, 0.29) is 11.2 Å². The maximum Gasteiger partial charge on any atom is 0.147 e. The second-order valence-electron chi connectivity index (χ2n) is 12.0. The fourth-order valence-corrected chi connectivity index (χ4v) is 5.77. The Morgan fingerprint density at radius 3 is 2.30 bits per heavy atom. The maximum absolute atomic E-state index is 10.7. The SMILES string of the molecule is Cc1cc(-c2cncc(-c3nc4c(-c5ccncc5O)cccc4n3-c3ccc(C(C)(C)C)cc3)c2)c2ncccc2c1. The van der Waals surface area contributed by atoms with Crippen LogP contribution < -0.4 is 0 Å². The molecule has 0 bridgehead atoms. The van der Waals surface area contributed by atoms with Crippen molar-refractivity contribution in [1.29, 1.82) is 0 Å². The van der Waals surface area contributed by atoms with Crippen LogP contribution in [0.1, 0.15) is 31.9 Å². The summed E-state index contributed by atoms with van der Waals surface area (Å²) in [5.74, 6) is 0.877. The van der Waals surface area contributed by atoms with E-state index in [1.165, 1.54) is 11.8 Å². The van der Waals surface area contributed by atoms with Crippen LogP contribution in [-0.2, 0) is 5.41 Å². The summed E-state index contributed by atoms with van der Waals surface area (Å²) in [6.45, 7) is 8.75. The van der Waals surface area contributed by atoms with E-state index in [4.69, 9.17) is 15.0 Å². The molecule has 0 aliphatic carbocycles. The third kappa shape index (κ3) is 4.71. The van der Waals surface area contributed by atoms with E-state index < -0.39 is 0 Å². The van der Waals surface area contributed by atoms with E-state index >= 15 is 0 Å². The normalized spacial score (nSPS) is 11.8. The molecule has 0 aliphatic heterocycles. The molecule has 6 nitrogen and oxygen atoms in total. The van der Waals surface area contributed by atoms with Gasteiger partial charge >= 0.3 is 0 Å². The third-order valence-electron chi connectivity index (χ3n) is 7.92. The van der Waals surface area contributed by atoms with E-state index in [0.717, 1.165) is 61.3 Å². The smallest absolute Gasteiger partial charge is 0.147 e. The molecule has 0 unspecified atom stereocenters. The van der Waals surface area contributed by atoms with Crippen molar-refractivity contribution in [1.82, 2.24) is 24.5 Å². The summed E-state index contributed by atoms with van der Waals surface area (Å²) in [6, 6.07) is 27.1. The monoisotopic (exact) mass is 561 g/mol. The van der Waals surface area contributed by atoms with E-state index in [1.54, 1.807) is 6.20 Å². The van der Waals surface area contributed by atoms with Crippen LogP contribution in [0.3, 0.4) is 0 Å². The molecule has 210 valence electrons. The van der Waals surface area contributed by atoms with Crippen LogP contribution in [0, 0.1) is 6.92 Å². The van der Waals surface area contributed by atoms with Gasteiger partial charge in [-0.25, -0.2) is 4.98 Å². The van der Waals surface area contributed by atoms with Crippen molar-refractivity contribution in [3.63, 3.8) is 0 Å². The van der Waals surface area contributed by atoms with Gasteiger partial charge in [-0.3, -0.25) is 19.5 Å². The fourth-order valence-electron chi connectivity index (χ4n) is 5.77. The van der Waals surface area contributed by atoms with Crippen LogP contribution in [0.4, 0.5) is 0 Å². The summed E-state index contributed by atoms with van der Waals surface area (Å²) >= 11 is 0. The predicted octanol–water partition coefficient (Wildman–Crippen LogP) is 8.68. The minimum Gasteiger partial charge on any atom is -0.506 e. The lowest BCUT2D eigenvalue weighted by Crippen LogP contribution is -2.11. The van der Waals surface area contributed by atoms with Crippen LogP contribution in [0.5, 0.6) is 5.75 Å². The van der Waals surface area contributed by atoms with Gasteiger partial charge in [0.15, 0.2) is 0 Å². The highest BCUT2D eigenvalue weighted by Crippen LogP contribution is 2.38. The number of rotatable bonds is 4. The lowest BCUT2D eigenvalue weighted by atomic mass is 9.87. The first-order valence-electron chi connectivity index (χ1n) is 14.3. The highest BCUT2D eigenvalue weighted by Gasteiger charge is 2.21. The average molecular weight is 562 g/mol. The summed E-state index contributed by atoms with van der Waals surface area (Å²) in [6.07, 6.45) is 8.72. The van der Waals surface area contributed by atoms with Crippen LogP contribution >= 0.6 is 0 Å². The van der Waals surface area contributed by atoms with E-state index in [0.29, 0.717) is 5.56 Å². The number of hydrogen-bond acceptors (Lipinski definition) is 5. The molecule has 7 aromatic rings. The van der Waals surface area contributed by atoms with Crippen LogP contribution in [-0.4, -0.2) is 29.6 Å². The van der Waals surface area contributed by atoms with Gasteiger partial charge in [-0.2, -0.15) is 0 Å². The van der Waals surface area contributed by atoms with Crippen molar-refractivity contribution in [3.05, 3.63) is 121 Å². The first-order valence-corrected chi connectivity index (χ1v) is 14.3. The molecular formula is C37H31N5O. The zero-order valence-corrected chi connectivity index (χ0v) is 24.6. The van der Waals surface area contributed by atoms with Gasteiger partial charge in [0.05, 0.1) is 22.7 Å². The molecule has 0 saturated heterocycles. The Balaban J connectivity index is 1.48. The van der Waals surface area contributed by atoms with Crippen molar-refractivity contribution in [2.45, 2.75) is 33.1 Å². The maximum atomic E-state index is 10.7. The quantitative estimate of drug-likeness (QED) is 0.233. The second kappa shape index (κ2) is 10.2. The average Bonchev–Trinajstić information content (AvgIpc) is 3.41. The number of aryl methyl sites for hydroxylation is 1. The van der Waals surface area contributed by atoms with Gasteiger partial charge in [0.2, 0.25) is 0 Å². The number of nitrogens with zero attached hydrogens (tertiary/aromatic N) is 5. The number of hydrogen-bond donors (Lipinski definition) is 1. The summed E-state index contributed by atoms with van der Waals surface area (Å²) in [4.78, 5) is 18.7. The number of para-hydroxylation sites is 1. The lowest BCUT2D eigenvalue weighted by Gasteiger charge is -2.19.